The van der Waals surface area contributed by atoms with Crippen LogP contribution in [0.2, 0.25) is 0 Å². The second kappa shape index (κ2) is 3.53. The third-order valence-electron chi connectivity index (χ3n) is 1.68. The van der Waals surface area contributed by atoms with E-state index in [-0.39, 0.29) is 12.0 Å². The fourth-order valence-corrected chi connectivity index (χ4v) is 0.663. The van der Waals surface area contributed by atoms with Crippen molar-refractivity contribution in [2.24, 2.45) is 0 Å². The van der Waals surface area contributed by atoms with Crippen molar-refractivity contribution in [2.45, 2.75) is 20.0 Å². The van der Waals surface area contributed by atoms with E-state index in [0.717, 1.165) is 12.2 Å². The molecule has 1 atom stereocenters. The Morgan fingerprint density at radius 1 is 1.82 bits per heavy atom. The lowest BCUT2D eigenvalue weighted by atomic mass is 10.3. The molecule has 1 saturated heterocycles. The van der Waals surface area contributed by atoms with Gasteiger partial charge in [-0.1, -0.05) is 6.08 Å². The van der Waals surface area contributed by atoms with E-state index in [1.807, 2.05) is 6.92 Å². The maximum atomic E-state index is 11.1. The SMILES string of the molecule is CC=C(C)C(=O)NCC1CO1. The number of carbonyl (C=O) groups excluding carboxylic acids is 1. The van der Waals surface area contributed by atoms with E-state index >= 15 is 0 Å². The predicted molar refractivity (Wildman–Crippen MR) is 42.2 cm³/mol. The normalized spacial score (nSPS) is 23.1. The van der Waals surface area contributed by atoms with Gasteiger partial charge in [0, 0.05) is 12.1 Å². The Balaban J connectivity index is 2.19. The molecule has 1 aliphatic heterocycles. The summed E-state index contributed by atoms with van der Waals surface area (Å²) in [4.78, 5) is 11.1. The summed E-state index contributed by atoms with van der Waals surface area (Å²) in [5.74, 6) is 0.00278. The zero-order chi connectivity index (χ0) is 8.27. The third-order valence-corrected chi connectivity index (χ3v) is 1.68. The van der Waals surface area contributed by atoms with Gasteiger partial charge in [-0.3, -0.25) is 4.79 Å². The Kier molecular flexibility index (Phi) is 2.65. The number of epoxide rings is 1. The summed E-state index contributed by atoms with van der Waals surface area (Å²) < 4.78 is 4.94. The summed E-state index contributed by atoms with van der Waals surface area (Å²) in [7, 11) is 0. The monoisotopic (exact) mass is 155 g/mol. The zero-order valence-electron chi connectivity index (χ0n) is 6.89. The first-order valence-corrected chi connectivity index (χ1v) is 3.76. The minimum absolute atomic E-state index is 0.00278. The average molecular weight is 155 g/mol. The largest absolute Gasteiger partial charge is 0.371 e. The van der Waals surface area contributed by atoms with Crippen molar-refractivity contribution >= 4 is 5.91 Å². The maximum absolute atomic E-state index is 11.1. The van der Waals surface area contributed by atoms with Crippen LogP contribution in [-0.4, -0.2) is 25.2 Å². The molecule has 0 bridgehead atoms. The quantitative estimate of drug-likeness (QED) is 0.475. The highest BCUT2D eigenvalue weighted by Gasteiger charge is 2.22. The molecule has 1 amide bonds. The van der Waals surface area contributed by atoms with Crippen LogP contribution >= 0.6 is 0 Å². The van der Waals surface area contributed by atoms with E-state index < -0.39 is 0 Å². The van der Waals surface area contributed by atoms with Crippen molar-refractivity contribution in [1.82, 2.24) is 5.32 Å². The molecule has 1 aliphatic rings. The molecule has 1 fully saturated rings. The van der Waals surface area contributed by atoms with E-state index in [1.165, 1.54) is 0 Å². The number of ether oxygens (including phenoxy) is 1. The first kappa shape index (κ1) is 8.27. The molecule has 62 valence electrons. The predicted octanol–water partition coefficient (Wildman–Crippen LogP) is 0.468. The average Bonchev–Trinajstić information content (AvgIpc) is 2.81. The molecule has 1 heterocycles. The lowest BCUT2D eigenvalue weighted by Gasteiger charge is -2.01. The molecule has 1 rings (SSSR count). The topological polar surface area (TPSA) is 41.6 Å². The summed E-state index contributed by atoms with van der Waals surface area (Å²) in [5, 5.41) is 2.76. The van der Waals surface area contributed by atoms with E-state index in [1.54, 1.807) is 13.0 Å². The molecule has 11 heavy (non-hydrogen) atoms. The van der Waals surface area contributed by atoms with Gasteiger partial charge in [0.25, 0.3) is 0 Å². The third kappa shape index (κ3) is 2.72. The number of carbonyl (C=O) groups is 1. The van der Waals surface area contributed by atoms with Gasteiger partial charge in [-0.15, -0.1) is 0 Å². The van der Waals surface area contributed by atoms with Crippen LogP contribution in [0.4, 0.5) is 0 Å². The number of hydrogen-bond acceptors (Lipinski definition) is 2. The first-order chi connectivity index (χ1) is 5.24. The van der Waals surface area contributed by atoms with Crippen LogP contribution in [0.3, 0.4) is 0 Å². The van der Waals surface area contributed by atoms with Crippen LogP contribution in [-0.2, 0) is 9.53 Å². The van der Waals surface area contributed by atoms with E-state index in [4.69, 9.17) is 4.74 Å². The molecule has 0 aromatic carbocycles. The molecular formula is C8H13NO2. The van der Waals surface area contributed by atoms with Gasteiger partial charge in [-0.05, 0) is 13.8 Å². The van der Waals surface area contributed by atoms with E-state index in [0.29, 0.717) is 6.54 Å². The highest BCUT2D eigenvalue weighted by molar-refractivity contribution is 5.92. The molecule has 1 N–H and O–H groups in total. The van der Waals surface area contributed by atoms with Crippen molar-refractivity contribution in [2.75, 3.05) is 13.2 Å². The fraction of sp³-hybridized carbons (Fsp3) is 0.625. The number of hydrogen-bond donors (Lipinski definition) is 1. The second-order valence-corrected chi connectivity index (χ2v) is 2.64. The van der Waals surface area contributed by atoms with Crippen LogP contribution in [0.15, 0.2) is 11.6 Å². The van der Waals surface area contributed by atoms with Gasteiger partial charge in [-0.2, -0.15) is 0 Å². The number of allylic oxidation sites excluding steroid dienone is 1. The highest BCUT2D eigenvalue weighted by atomic mass is 16.6. The summed E-state index contributed by atoms with van der Waals surface area (Å²) in [6.45, 7) is 5.07. The number of nitrogens with one attached hydrogen (secondary N) is 1. The molecule has 0 spiro atoms. The second-order valence-electron chi connectivity index (χ2n) is 2.64. The van der Waals surface area contributed by atoms with Crippen molar-refractivity contribution in [3.8, 4) is 0 Å². The molecule has 0 saturated carbocycles. The molecule has 1 unspecified atom stereocenters. The molecule has 0 aromatic heterocycles. The minimum atomic E-state index is 0.00278. The van der Waals surface area contributed by atoms with Gasteiger partial charge < -0.3 is 10.1 Å². The lowest BCUT2D eigenvalue weighted by molar-refractivity contribution is -0.117. The Labute approximate surface area is 66.4 Å². The summed E-state index contributed by atoms with van der Waals surface area (Å²) in [5.41, 5.74) is 0.755. The Hall–Kier alpha value is -0.830. The van der Waals surface area contributed by atoms with Crippen LogP contribution in [0.25, 0.3) is 0 Å². The molecule has 3 nitrogen and oxygen atoms in total. The van der Waals surface area contributed by atoms with E-state index in [9.17, 15) is 4.79 Å². The Morgan fingerprint density at radius 3 is 2.91 bits per heavy atom. The van der Waals surface area contributed by atoms with Gasteiger partial charge in [0.05, 0.1) is 12.7 Å². The lowest BCUT2D eigenvalue weighted by Crippen LogP contribution is -2.27. The van der Waals surface area contributed by atoms with E-state index in [2.05, 4.69) is 5.32 Å². The summed E-state index contributed by atoms with van der Waals surface area (Å²) in [6, 6.07) is 0. The standard InChI is InChI=1S/C8H13NO2/c1-3-6(2)8(10)9-4-7-5-11-7/h3,7H,4-5H2,1-2H3,(H,9,10). The van der Waals surface area contributed by atoms with Crippen molar-refractivity contribution in [3.63, 3.8) is 0 Å². The summed E-state index contributed by atoms with van der Waals surface area (Å²) >= 11 is 0. The molecule has 0 radical (unpaired) electrons. The molecular weight excluding hydrogens is 142 g/mol. The van der Waals surface area contributed by atoms with Crippen molar-refractivity contribution < 1.29 is 9.53 Å². The van der Waals surface area contributed by atoms with Crippen LogP contribution < -0.4 is 5.32 Å². The van der Waals surface area contributed by atoms with Crippen LogP contribution in [0.1, 0.15) is 13.8 Å². The van der Waals surface area contributed by atoms with Gasteiger partial charge >= 0.3 is 0 Å². The molecule has 3 heteroatoms. The number of amides is 1. The van der Waals surface area contributed by atoms with Gasteiger partial charge in [-0.25, -0.2) is 0 Å². The van der Waals surface area contributed by atoms with Gasteiger partial charge in [0.1, 0.15) is 0 Å². The number of rotatable bonds is 3. The van der Waals surface area contributed by atoms with Crippen LogP contribution in [0, 0.1) is 0 Å². The van der Waals surface area contributed by atoms with Gasteiger partial charge in [0.2, 0.25) is 5.91 Å². The Morgan fingerprint density at radius 2 is 2.45 bits per heavy atom. The van der Waals surface area contributed by atoms with Crippen molar-refractivity contribution in [1.29, 1.82) is 0 Å². The maximum Gasteiger partial charge on any atom is 0.246 e. The van der Waals surface area contributed by atoms with Crippen LogP contribution in [0.5, 0.6) is 0 Å². The Bertz CT molecular complexity index is 183. The fourth-order valence-electron chi connectivity index (χ4n) is 0.663. The summed E-state index contributed by atoms with van der Waals surface area (Å²) in [6.07, 6.45) is 2.06. The molecule has 0 aromatic rings. The van der Waals surface area contributed by atoms with Crippen molar-refractivity contribution in [3.05, 3.63) is 11.6 Å². The highest BCUT2D eigenvalue weighted by Crippen LogP contribution is 2.06. The zero-order valence-corrected chi connectivity index (χ0v) is 6.89. The molecule has 0 aliphatic carbocycles. The van der Waals surface area contributed by atoms with Gasteiger partial charge in [0.15, 0.2) is 0 Å². The smallest absolute Gasteiger partial charge is 0.246 e. The minimum Gasteiger partial charge on any atom is -0.371 e. The first-order valence-electron chi connectivity index (χ1n) is 3.76.